The Morgan fingerprint density at radius 3 is 2.39 bits per heavy atom. The van der Waals surface area contributed by atoms with Crippen LogP contribution < -0.4 is 16.4 Å². The molecule has 0 aliphatic carbocycles. The number of nitrogens with zero attached hydrogens (tertiary/aromatic N) is 2. The van der Waals surface area contributed by atoms with Gasteiger partial charge >= 0.3 is 0 Å². The van der Waals surface area contributed by atoms with E-state index >= 15 is 0 Å². The summed E-state index contributed by atoms with van der Waals surface area (Å²) < 4.78 is 13.1. The van der Waals surface area contributed by atoms with E-state index in [9.17, 15) is 9.18 Å². The SMILES string of the molecule is CN=C(NCCC(C)N(C)Cc1ccccc1)NCC(Cc1ccc(F)cc1)C(N)=O. The van der Waals surface area contributed by atoms with Crippen molar-refractivity contribution in [3.8, 4) is 0 Å². The van der Waals surface area contributed by atoms with Crippen LogP contribution in [0.1, 0.15) is 24.5 Å². The number of rotatable bonds is 11. The highest BCUT2D eigenvalue weighted by molar-refractivity contribution is 5.81. The predicted molar refractivity (Wildman–Crippen MR) is 124 cm³/mol. The molecule has 2 rings (SSSR count). The molecule has 168 valence electrons. The van der Waals surface area contributed by atoms with Crippen LogP contribution in [-0.2, 0) is 17.8 Å². The van der Waals surface area contributed by atoms with E-state index in [1.54, 1.807) is 19.2 Å². The van der Waals surface area contributed by atoms with Crippen molar-refractivity contribution in [3.63, 3.8) is 0 Å². The zero-order valence-corrected chi connectivity index (χ0v) is 18.6. The number of hydrogen-bond acceptors (Lipinski definition) is 3. The molecule has 0 aliphatic rings. The van der Waals surface area contributed by atoms with Gasteiger partial charge in [0.2, 0.25) is 5.91 Å². The molecule has 0 bridgehead atoms. The minimum absolute atomic E-state index is 0.300. The molecule has 2 aromatic rings. The van der Waals surface area contributed by atoms with Gasteiger partial charge in [-0.2, -0.15) is 0 Å². The van der Waals surface area contributed by atoms with Crippen LogP contribution >= 0.6 is 0 Å². The third-order valence-corrected chi connectivity index (χ3v) is 5.42. The Morgan fingerprint density at radius 2 is 1.77 bits per heavy atom. The molecule has 0 radical (unpaired) electrons. The van der Waals surface area contributed by atoms with E-state index in [1.165, 1.54) is 17.7 Å². The fourth-order valence-electron chi connectivity index (χ4n) is 3.27. The smallest absolute Gasteiger partial charge is 0.222 e. The van der Waals surface area contributed by atoms with Crippen molar-refractivity contribution in [1.82, 2.24) is 15.5 Å². The number of aliphatic imine (C=N–C) groups is 1. The number of benzene rings is 2. The lowest BCUT2D eigenvalue weighted by Gasteiger charge is -2.25. The third kappa shape index (κ3) is 8.76. The van der Waals surface area contributed by atoms with Gasteiger partial charge in [0.1, 0.15) is 5.82 Å². The average Bonchev–Trinajstić information content (AvgIpc) is 2.76. The van der Waals surface area contributed by atoms with Crippen LogP contribution in [0.5, 0.6) is 0 Å². The minimum atomic E-state index is -0.417. The van der Waals surface area contributed by atoms with Crippen LogP contribution in [0.2, 0.25) is 0 Å². The molecule has 2 aromatic carbocycles. The maximum absolute atomic E-state index is 13.1. The summed E-state index contributed by atoms with van der Waals surface area (Å²) in [6, 6.07) is 16.9. The van der Waals surface area contributed by atoms with Crippen LogP contribution in [0.15, 0.2) is 59.6 Å². The predicted octanol–water partition coefficient (Wildman–Crippen LogP) is 2.55. The van der Waals surface area contributed by atoms with Gasteiger partial charge in [0, 0.05) is 32.7 Å². The van der Waals surface area contributed by atoms with Crippen molar-refractivity contribution in [3.05, 3.63) is 71.5 Å². The van der Waals surface area contributed by atoms with E-state index in [4.69, 9.17) is 5.73 Å². The topological polar surface area (TPSA) is 82.8 Å². The Balaban J connectivity index is 1.76. The van der Waals surface area contributed by atoms with Crippen molar-refractivity contribution >= 4 is 11.9 Å². The van der Waals surface area contributed by atoms with Crippen molar-refractivity contribution in [1.29, 1.82) is 0 Å². The lowest BCUT2D eigenvalue weighted by Crippen LogP contribution is -2.44. The largest absolute Gasteiger partial charge is 0.369 e. The molecule has 0 aromatic heterocycles. The summed E-state index contributed by atoms with van der Waals surface area (Å²) in [5, 5.41) is 6.47. The fourth-order valence-corrected chi connectivity index (χ4v) is 3.27. The van der Waals surface area contributed by atoms with Crippen molar-refractivity contribution in [2.75, 3.05) is 27.2 Å². The van der Waals surface area contributed by atoms with Crippen LogP contribution in [0.3, 0.4) is 0 Å². The highest BCUT2D eigenvalue weighted by atomic mass is 19.1. The van der Waals surface area contributed by atoms with Crippen LogP contribution in [0.4, 0.5) is 4.39 Å². The molecule has 0 aliphatic heterocycles. The summed E-state index contributed by atoms with van der Waals surface area (Å²) in [6.45, 7) is 4.21. The molecule has 2 unspecified atom stereocenters. The average molecular weight is 428 g/mol. The Labute approximate surface area is 184 Å². The van der Waals surface area contributed by atoms with Gasteiger partial charge in [0.25, 0.3) is 0 Å². The highest BCUT2D eigenvalue weighted by Crippen LogP contribution is 2.10. The summed E-state index contributed by atoms with van der Waals surface area (Å²) in [4.78, 5) is 18.4. The van der Waals surface area contributed by atoms with Crippen LogP contribution in [0.25, 0.3) is 0 Å². The van der Waals surface area contributed by atoms with Gasteiger partial charge in [-0.05, 0) is 50.1 Å². The van der Waals surface area contributed by atoms with Crippen LogP contribution in [-0.4, -0.2) is 50.0 Å². The van der Waals surface area contributed by atoms with Gasteiger partial charge < -0.3 is 16.4 Å². The molecule has 2 atom stereocenters. The molecule has 0 fully saturated rings. The summed E-state index contributed by atoms with van der Waals surface area (Å²) >= 11 is 0. The number of carbonyl (C=O) groups excluding carboxylic acids is 1. The maximum Gasteiger partial charge on any atom is 0.222 e. The maximum atomic E-state index is 13.1. The standard InChI is InChI=1S/C24H34FN5O/c1-18(30(3)17-20-7-5-4-6-8-20)13-14-28-24(27-2)29-16-21(23(26)31)15-19-9-11-22(25)12-10-19/h4-12,18,21H,13-17H2,1-3H3,(H2,26,31)(H2,27,28,29). The van der Waals surface area contributed by atoms with Crippen molar-refractivity contribution in [2.45, 2.75) is 32.4 Å². The van der Waals surface area contributed by atoms with Gasteiger partial charge in [-0.3, -0.25) is 14.7 Å². The first kappa shape index (κ1) is 24.3. The van der Waals surface area contributed by atoms with E-state index < -0.39 is 11.8 Å². The van der Waals surface area contributed by atoms with Gasteiger partial charge in [-0.15, -0.1) is 0 Å². The molecular weight excluding hydrogens is 393 g/mol. The second kappa shape index (κ2) is 12.7. The Morgan fingerprint density at radius 1 is 1.10 bits per heavy atom. The molecule has 31 heavy (non-hydrogen) atoms. The van der Waals surface area contributed by atoms with Crippen molar-refractivity contribution < 1.29 is 9.18 Å². The Kier molecular flexibility index (Phi) is 9.97. The minimum Gasteiger partial charge on any atom is -0.369 e. The highest BCUT2D eigenvalue weighted by Gasteiger charge is 2.17. The fraction of sp³-hybridized carbons (Fsp3) is 0.417. The summed E-state index contributed by atoms with van der Waals surface area (Å²) in [5.74, 6) is -0.489. The normalized spacial score (nSPS) is 13.6. The number of guanidine groups is 1. The third-order valence-electron chi connectivity index (χ3n) is 5.42. The molecule has 6 nitrogen and oxygen atoms in total. The second-order valence-corrected chi connectivity index (χ2v) is 7.85. The van der Waals surface area contributed by atoms with Gasteiger partial charge in [0.05, 0.1) is 5.92 Å². The molecule has 4 N–H and O–H groups in total. The lowest BCUT2D eigenvalue weighted by atomic mass is 9.98. The van der Waals surface area contributed by atoms with Gasteiger partial charge in [-0.1, -0.05) is 42.5 Å². The van der Waals surface area contributed by atoms with E-state index in [0.29, 0.717) is 25.0 Å². The van der Waals surface area contributed by atoms with E-state index in [1.807, 2.05) is 6.07 Å². The number of primary amides is 1. The van der Waals surface area contributed by atoms with Crippen molar-refractivity contribution in [2.24, 2.45) is 16.6 Å². The Hall–Kier alpha value is -2.93. The summed E-state index contributed by atoms with van der Waals surface area (Å²) in [6.07, 6.45) is 1.39. The molecule has 0 saturated carbocycles. The molecule has 0 spiro atoms. The number of hydrogen-bond donors (Lipinski definition) is 3. The van der Waals surface area contributed by atoms with Crippen LogP contribution in [0, 0.1) is 11.7 Å². The Bertz CT molecular complexity index is 826. The zero-order valence-electron chi connectivity index (χ0n) is 18.6. The van der Waals surface area contributed by atoms with Gasteiger partial charge in [-0.25, -0.2) is 4.39 Å². The molecule has 1 amide bonds. The number of carbonyl (C=O) groups is 1. The van der Waals surface area contributed by atoms with Gasteiger partial charge in [0.15, 0.2) is 5.96 Å². The first-order chi connectivity index (χ1) is 14.9. The van der Waals surface area contributed by atoms with E-state index in [2.05, 4.69) is 58.8 Å². The summed E-state index contributed by atoms with van der Waals surface area (Å²) in [7, 11) is 3.82. The monoisotopic (exact) mass is 427 g/mol. The molecule has 0 heterocycles. The zero-order chi connectivity index (χ0) is 22.6. The first-order valence-corrected chi connectivity index (χ1v) is 10.6. The molecular formula is C24H34FN5O. The lowest BCUT2D eigenvalue weighted by molar-refractivity contribution is -0.121. The molecule has 0 saturated heterocycles. The van der Waals surface area contributed by atoms with E-state index in [-0.39, 0.29) is 5.82 Å². The number of halogens is 1. The first-order valence-electron chi connectivity index (χ1n) is 10.6. The number of nitrogens with one attached hydrogen (secondary N) is 2. The number of nitrogens with two attached hydrogens (primary N) is 1. The van der Waals surface area contributed by atoms with E-state index in [0.717, 1.165) is 25.1 Å². The second-order valence-electron chi connectivity index (χ2n) is 7.85. The number of amides is 1. The summed E-state index contributed by atoms with van der Waals surface area (Å²) in [5.41, 5.74) is 7.72. The molecule has 7 heteroatoms. The quantitative estimate of drug-likeness (QED) is 0.380.